The minimum atomic E-state index is -0.722. The van der Waals surface area contributed by atoms with Crippen LogP contribution in [0.3, 0.4) is 0 Å². The van der Waals surface area contributed by atoms with Crippen molar-refractivity contribution in [3.05, 3.63) is 83.6 Å². The van der Waals surface area contributed by atoms with Crippen molar-refractivity contribution in [1.29, 1.82) is 5.26 Å². The van der Waals surface area contributed by atoms with Gasteiger partial charge in [-0.15, -0.1) is 5.10 Å². The first-order valence-electron chi connectivity index (χ1n) is 12.4. The summed E-state index contributed by atoms with van der Waals surface area (Å²) in [5.41, 5.74) is 5.65. The monoisotopic (exact) mass is 508 g/mol. The van der Waals surface area contributed by atoms with Gasteiger partial charge in [-0.2, -0.15) is 5.26 Å². The lowest BCUT2D eigenvalue weighted by molar-refractivity contribution is 0.0993. The van der Waals surface area contributed by atoms with E-state index < -0.39 is 5.41 Å². The van der Waals surface area contributed by atoms with Crippen molar-refractivity contribution in [1.82, 2.24) is 29.9 Å². The number of benzene rings is 2. The molecule has 0 radical (unpaired) electrons. The van der Waals surface area contributed by atoms with Gasteiger partial charge in [-0.05, 0) is 75.8 Å². The highest BCUT2D eigenvalue weighted by Gasteiger charge is 2.22. The number of aromatic nitrogens is 5. The van der Waals surface area contributed by atoms with E-state index in [1.807, 2.05) is 77.5 Å². The molecule has 0 atom stereocenters. The molecule has 0 aliphatic heterocycles. The summed E-state index contributed by atoms with van der Waals surface area (Å²) in [6.07, 6.45) is 6.89. The summed E-state index contributed by atoms with van der Waals surface area (Å²) in [7, 11) is 4.02. The van der Waals surface area contributed by atoms with E-state index in [0.29, 0.717) is 11.3 Å². The van der Waals surface area contributed by atoms with Crippen LogP contribution in [-0.2, 0) is 11.8 Å². The smallest absolute Gasteiger partial charge is 0.167 e. The molecule has 4 aromatic rings. The van der Waals surface area contributed by atoms with E-state index in [0.717, 1.165) is 46.7 Å². The predicted octanol–water partition coefficient (Wildman–Crippen LogP) is 4.23. The number of nitrogens with zero attached hydrogens (tertiary/aromatic N) is 7. The zero-order valence-electron chi connectivity index (χ0n) is 22.4. The van der Waals surface area contributed by atoms with Gasteiger partial charge in [0.15, 0.2) is 5.78 Å². The first-order chi connectivity index (χ1) is 18.2. The molecule has 0 unspecified atom stereocenters. The quantitative estimate of drug-likeness (QED) is 0.317. The lowest BCUT2D eigenvalue weighted by Crippen LogP contribution is -2.21. The van der Waals surface area contributed by atoms with Crippen molar-refractivity contribution < 1.29 is 4.79 Å². The Labute approximate surface area is 223 Å². The predicted molar refractivity (Wildman–Crippen MR) is 147 cm³/mol. The van der Waals surface area contributed by atoms with Crippen LogP contribution >= 0.6 is 0 Å². The third kappa shape index (κ3) is 6.28. The molecule has 194 valence electrons. The van der Waals surface area contributed by atoms with Crippen molar-refractivity contribution in [3.63, 3.8) is 0 Å². The average Bonchev–Trinajstić information content (AvgIpc) is 3.40. The summed E-state index contributed by atoms with van der Waals surface area (Å²) in [5.74, 6) is -0.0215. The van der Waals surface area contributed by atoms with Gasteiger partial charge >= 0.3 is 0 Å². The van der Waals surface area contributed by atoms with Crippen LogP contribution in [0.2, 0.25) is 0 Å². The van der Waals surface area contributed by atoms with Crippen molar-refractivity contribution in [2.75, 3.05) is 32.5 Å². The molecule has 38 heavy (non-hydrogen) atoms. The number of hydrogen-bond donors (Lipinski definition) is 1. The molecular formula is C29H32N8O. The molecule has 0 bridgehead atoms. The highest BCUT2D eigenvalue weighted by atomic mass is 16.1. The number of carbonyl (C=O) groups excluding carboxylic acids is 1. The van der Waals surface area contributed by atoms with E-state index in [4.69, 9.17) is 0 Å². The Morgan fingerprint density at radius 2 is 1.89 bits per heavy atom. The van der Waals surface area contributed by atoms with E-state index in [1.54, 1.807) is 17.1 Å². The second kappa shape index (κ2) is 11.3. The Kier molecular flexibility index (Phi) is 7.93. The molecule has 0 aliphatic carbocycles. The third-order valence-electron chi connectivity index (χ3n) is 6.38. The number of likely N-dealkylation sites (N-methyl/N-ethyl adjacent to an activating group) is 1. The highest BCUT2D eigenvalue weighted by Crippen LogP contribution is 2.28. The molecule has 0 saturated carbocycles. The molecule has 9 nitrogen and oxygen atoms in total. The Bertz CT molecular complexity index is 1470. The first-order valence-corrected chi connectivity index (χ1v) is 12.4. The molecule has 9 heteroatoms. The molecule has 0 spiro atoms. The van der Waals surface area contributed by atoms with Gasteiger partial charge < -0.3 is 10.2 Å². The lowest BCUT2D eigenvalue weighted by atomic mass is 9.84. The van der Waals surface area contributed by atoms with Gasteiger partial charge in [0.05, 0.1) is 23.4 Å². The van der Waals surface area contributed by atoms with Crippen LogP contribution in [0, 0.1) is 18.3 Å². The van der Waals surface area contributed by atoms with E-state index in [1.165, 1.54) is 6.33 Å². The Hall–Kier alpha value is -4.42. The van der Waals surface area contributed by atoms with Crippen molar-refractivity contribution in [2.24, 2.45) is 0 Å². The second-order valence-electron chi connectivity index (χ2n) is 10.2. The highest BCUT2D eigenvalue weighted by molar-refractivity contribution is 5.98. The normalized spacial score (nSPS) is 11.4. The van der Waals surface area contributed by atoms with E-state index in [-0.39, 0.29) is 12.2 Å². The number of rotatable bonds is 10. The Morgan fingerprint density at radius 1 is 1.13 bits per heavy atom. The zero-order chi connectivity index (χ0) is 27.3. The van der Waals surface area contributed by atoms with E-state index in [9.17, 15) is 10.1 Å². The fourth-order valence-corrected chi connectivity index (χ4v) is 3.98. The maximum absolute atomic E-state index is 13.5. The van der Waals surface area contributed by atoms with Gasteiger partial charge in [-0.1, -0.05) is 17.3 Å². The Balaban J connectivity index is 1.60. The molecule has 2 aromatic carbocycles. The van der Waals surface area contributed by atoms with Gasteiger partial charge in [0.2, 0.25) is 0 Å². The molecule has 0 saturated heterocycles. The molecule has 2 aromatic heterocycles. The average molecular weight is 509 g/mol. The van der Waals surface area contributed by atoms with Gasteiger partial charge in [-0.25, -0.2) is 14.6 Å². The number of ketones is 1. The van der Waals surface area contributed by atoms with Crippen LogP contribution in [0.1, 0.15) is 40.9 Å². The van der Waals surface area contributed by atoms with Crippen LogP contribution in [-0.4, -0.2) is 62.8 Å². The number of nitrogens with one attached hydrogen (secondary N) is 1. The minimum absolute atomic E-state index is 0.0215. The van der Waals surface area contributed by atoms with E-state index in [2.05, 4.69) is 36.6 Å². The summed E-state index contributed by atoms with van der Waals surface area (Å²) in [6, 6.07) is 13.9. The fraction of sp³-hybridized carbons (Fsp3) is 0.310. The molecule has 0 amide bonds. The van der Waals surface area contributed by atoms with Gasteiger partial charge in [0, 0.05) is 48.7 Å². The fourth-order valence-electron chi connectivity index (χ4n) is 3.98. The van der Waals surface area contributed by atoms with Crippen molar-refractivity contribution >= 4 is 11.5 Å². The number of anilines is 1. The number of Topliss-reactive ketones (excluding diaryl/α,β-unsaturated/α-hetero) is 1. The number of aryl methyl sites for hydroxylation is 1. The molecule has 0 aliphatic rings. The number of carbonyl (C=O) groups is 1. The molecule has 4 rings (SSSR count). The Morgan fingerprint density at radius 3 is 2.61 bits per heavy atom. The van der Waals surface area contributed by atoms with Crippen LogP contribution in [0.25, 0.3) is 16.9 Å². The third-order valence-corrected chi connectivity index (χ3v) is 6.38. The van der Waals surface area contributed by atoms with Gasteiger partial charge in [0.25, 0.3) is 0 Å². The standard InChI is InChI=1S/C29H32N8O/c1-20-6-7-21(10-27(20)37-17-26(34-35-37)23-15-31-19-32-16-23)11-28(38)22-12-24(29(2,3)18-30)14-25(13-22)33-8-9-36(4)5/h6-7,10,12-17,19,33H,8-9,11H2,1-5H3. The summed E-state index contributed by atoms with van der Waals surface area (Å²) >= 11 is 0. The second-order valence-corrected chi connectivity index (χ2v) is 10.2. The SMILES string of the molecule is Cc1ccc(CC(=O)c2cc(NCCN(C)C)cc(C(C)(C)C#N)c2)cc1-n1cc(-c2cncnc2)nn1. The van der Waals surface area contributed by atoms with Crippen LogP contribution < -0.4 is 5.32 Å². The minimum Gasteiger partial charge on any atom is -0.384 e. The van der Waals surface area contributed by atoms with E-state index >= 15 is 0 Å². The van der Waals surface area contributed by atoms with Crippen molar-refractivity contribution in [2.45, 2.75) is 32.6 Å². The maximum Gasteiger partial charge on any atom is 0.167 e. The molecule has 1 N–H and O–H groups in total. The van der Waals surface area contributed by atoms with Crippen LogP contribution in [0.15, 0.2) is 61.3 Å². The van der Waals surface area contributed by atoms with Crippen molar-refractivity contribution in [3.8, 4) is 23.0 Å². The number of nitriles is 1. The number of hydrogen-bond acceptors (Lipinski definition) is 8. The van der Waals surface area contributed by atoms with Gasteiger partial charge in [-0.3, -0.25) is 4.79 Å². The van der Waals surface area contributed by atoms with Crippen LogP contribution in [0.5, 0.6) is 0 Å². The molecule has 2 heterocycles. The lowest BCUT2D eigenvalue weighted by Gasteiger charge is -2.20. The largest absolute Gasteiger partial charge is 0.384 e. The summed E-state index contributed by atoms with van der Waals surface area (Å²) < 4.78 is 1.70. The summed E-state index contributed by atoms with van der Waals surface area (Å²) in [6.45, 7) is 7.30. The maximum atomic E-state index is 13.5. The first kappa shape index (κ1) is 26.6. The topological polar surface area (TPSA) is 113 Å². The zero-order valence-corrected chi connectivity index (χ0v) is 22.4. The van der Waals surface area contributed by atoms with Crippen LogP contribution in [0.4, 0.5) is 5.69 Å². The summed E-state index contributed by atoms with van der Waals surface area (Å²) in [5, 5.41) is 21.6. The molecule has 0 fully saturated rings. The van der Waals surface area contributed by atoms with Gasteiger partial charge in [0.1, 0.15) is 12.0 Å². The summed E-state index contributed by atoms with van der Waals surface area (Å²) in [4.78, 5) is 23.6. The molecular weight excluding hydrogens is 476 g/mol.